The van der Waals surface area contributed by atoms with E-state index in [2.05, 4.69) is 10.6 Å². The molecular weight excluding hydrogens is 154 g/mol. The van der Waals surface area contributed by atoms with E-state index in [0.717, 1.165) is 0 Å². The Morgan fingerprint density at radius 1 is 1.58 bits per heavy atom. The van der Waals surface area contributed by atoms with Crippen molar-refractivity contribution in [1.29, 1.82) is 0 Å². The van der Waals surface area contributed by atoms with Gasteiger partial charge in [-0.2, -0.15) is 0 Å². The van der Waals surface area contributed by atoms with Crippen molar-refractivity contribution in [1.82, 2.24) is 10.6 Å². The molecular formula is C8H19N3O. The minimum atomic E-state index is -0.319. The van der Waals surface area contributed by atoms with E-state index < -0.39 is 0 Å². The normalized spacial score (nSPS) is 15.5. The summed E-state index contributed by atoms with van der Waals surface area (Å²) in [5, 5.41) is 5.32. The van der Waals surface area contributed by atoms with Crippen LogP contribution in [0.25, 0.3) is 0 Å². The van der Waals surface area contributed by atoms with Gasteiger partial charge in [0.15, 0.2) is 0 Å². The molecule has 4 N–H and O–H groups in total. The van der Waals surface area contributed by atoms with Crippen molar-refractivity contribution >= 4 is 6.03 Å². The molecule has 0 aromatic heterocycles. The number of amides is 2. The van der Waals surface area contributed by atoms with Gasteiger partial charge in [-0.15, -0.1) is 0 Å². The van der Waals surface area contributed by atoms with Crippen LogP contribution >= 0.6 is 0 Å². The molecule has 0 heterocycles. The van der Waals surface area contributed by atoms with Gasteiger partial charge < -0.3 is 16.4 Å². The fourth-order valence-corrected chi connectivity index (χ4v) is 0.753. The Labute approximate surface area is 73.9 Å². The van der Waals surface area contributed by atoms with Crippen LogP contribution in [-0.4, -0.2) is 25.2 Å². The lowest BCUT2D eigenvalue weighted by Gasteiger charge is -2.33. The molecule has 0 fully saturated rings. The van der Waals surface area contributed by atoms with E-state index >= 15 is 0 Å². The quantitative estimate of drug-likeness (QED) is 0.574. The second-order valence-electron chi connectivity index (χ2n) is 3.48. The third-order valence-corrected chi connectivity index (χ3v) is 2.32. The Bertz CT molecular complexity index is 158. The molecule has 0 rings (SSSR count). The molecule has 0 aromatic rings. The maximum Gasteiger partial charge on any atom is 0.315 e. The summed E-state index contributed by atoms with van der Waals surface area (Å²) in [6, 6.07) is -0.184. The van der Waals surface area contributed by atoms with E-state index in [9.17, 15) is 4.79 Å². The van der Waals surface area contributed by atoms with Gasteiger partial charge in [-0.25, -0.2) is 4.79 Å². The van der Waals surface area contributed by atoms with Gasteiger partial charge in [0.05, 0.1) is 5.54 Å². The van der Waals surface area contributed by atoms with E-state index in [1.165, 1.54) is 0 Å². The fourth-order valence-electron chi connectivity index (χ4n) is 0.753. The van der Waals surface area contributed by atoms with Crippen LogP contribution < -0.4 is 16.4 Å². The van der Waals surface area contributed by atoms with Crippen LogP contribution in [0.5, 0.6) is 0 Å². The van der Waals surface area contributed by atoms with Crippen LogP contribution in [0.2, 0.25) is 0 Å². The minimum Gasteiger partial charge on any atom is -0.341 e. The molecule has 4 heteroatoms. The first-order valence-corrected chi connectivity index (χ1v) is 4.16. The van der Waals surface area contributed by atoms with E-state index in [1.807, 2.05) is 20.8 Å². The Morgan fingerprint density at radius 2 is 2.08 bits per heavy atom. The number of urea groups is 1. The molecule has 1 atom stereocenters. The number of nitrogens with two attached hydrogens (primary N) is 1. The first-order chi connectivity index (χ1) is 5.46. The summed E-state index contributed by atoms with van der Waals surface area (Å²) in [5.74, 6) is 0.319. The van der Waals surface area contributed by atoms with Gasteiger partial charge in [0.25, 0.3) is 0 Å². The first-order valence-electron chi connectivity index (χ1n) is 4.16. The zero-order valence-electron chi connectivity index (χ0n) is 8.27. The molecule has 0 saturated heterocycles. The van der Waals surface area contributed by atoms with Gasteiger partial charge >= 0.3 is 6.03 Å². The summed E-state index contributed by atoms with van der Waals surface area (Å²) >= 11 is 0. The molecule has 72 valence electrons. The topological polar surface area (TPSA) is 67.2 Å². The van der Waals surface area contributed by atoms with Crippen LogP contribution in [0.3, 0.4) is 0 Å². The van der Waals surface area contributed by atoms with Crippen LogP contribution in [0.1, 0.15) is 20.8 Å². The molecule has 12 heavy (non-hydrogen) atoms. The highest BCUT2D eigenvalue weighted by molar-refractivity contribution is 5.74. The van der Waals surface area contributed by atoms with E-state index in [4.69, 9.17) is 5.73 Å². The predicted octanol–water partition coefficient (Wildman–Crippen LogP) is 0.289. The maximum absolute atomic E-state index is 11.0. The summed E-state index contributed by atoms with van der Waals surface area (Å²) in [4.78, 5) is 11.0. The number of nitrogens with one attached hydrogen (secondary N) is 2. The maximum atomic E-state index is 11.0. The van der Waals surface area contributed by atoms with Crippen molar-refractivity contribution in [3.8, 4) is 0 Å². The molecule has 0 aromatic carbocycles. The zero-order valence-corrected chi connectivity index (χ0v) is 8.27. The molecule has 4 nitrogen and oxygen atoms in total. The lowest BCUT2D eigenvalue weighted by atomic mass is 9.89. The smallest absolute Gasteiger partial charge is 0.315 e. The average molecular weight is 173 g/mol. The van der Waals surface area contributed by atoms with Crippen LogP contribution in [0, 0.1) is 5.92 Å². The molecule has 0 spiro atoms. The van der Waals surface area contributed by atoms with Crippen LogP contribution in [0.4, 0.5) is 4.79 Å². The monoisotopic (exact) mass is 173 g/mol. The molecule has 0 bridgehead atoms. The largest absolute Gasteiger partial charge is 0.341 e. The molecule has 1 unspecified atom stereocenters. The van der Waals surface area contributed by atoms with Crippen molar-refractivity contribution in [2.75, 3.05) is 13.6 Å². The Hall–Kier alpha value is -0.770. The Kier molecular flexibility index (Phi) is 4.03. The standard InChI is InChI=1S/C8H19N3O/c1-6(2)8(3,5-9)11-7(12)10-4/h6H,5,9H2,1-4H3,(H2,10,11,12). The first kappa shape index (κ1) is 11.2. The molecule has 0 aliphatic rings. The molecule has 0 aliphatic heterocycles. The number of carbonyl (C=O) groups excluding carboxylic acids is 1. The third-order valence-electron chi connectivity index (χ3n) is 2.32. The zero-order chi connectivity index (χ0) is 9.78. The fraction of sp³-hybridized carbons (Fsp3) is 0.875. The average Bonchev–Trinajstić information content (AvgIpc) is 2.03. The van der Waals surface area contributed by atoms with Crippen molar-refractivity contribution in [2.24, 2.45) is 11.7 Å². The van der Waals surface area contributed by atoms with Crippen LogP contribution in [0.15, 0.2) is 0 Å². The van der Waals surface area contributed by atoms with Crippen molar-refractivity contribution in [3.05, 3.63) is 0 Å². The molecule has 2 amide bonds. The highest BCUT2D eigenvalue weighted by Gasteiger charge is 2.27. The molecule has 0 aliphatic carbocycles. The Balaban J connectivity index is 4.23. The van der Waals surface area contributed by atoms with Crippen molar-refractivity contribution in [3.63, 3.8) is 0 Å². The van der Waals surface area contributed by atoms with Crippen molar-refractivity contribution in [2.45, 2.75) is 26.3 Å². The lowest BCUT2D eigenvalue weighted by Crippen LogP contribution is -2.57. The highest BCUT2D eigenvalue weighted by atomic mass is 16.2. The predicted molar refractivity (Wildman–Crippen MR) is 49.9 cm³/mol. The van der Waals surface area contributed by atoms with Gasteiger partial charge in [-0.1, -0.05) is 13.8 Å². The van der Waals surface area contributed by atoms with E-state index in [-0.39, 0.29) is 11.6 Å². The molecule has 0 radical (unpaired) electrons. The summed E-state index contributed by atoms with van der Waals surface area (Å²) in [7, 11) is 1.59. The second kappa shape index (κ2) is 4.30. The van der Waals surface area contributed by atoms with Gasteiger partial charge in [0.2, 0.25) is 0 Å². The summed E-state index contributed by atoms with van der Waals surface area (Å²) in [6.45, 7) is 6.44. The minimum absolute atomic E-state index is 0.184. The number of hydrogen-bond donors (Lipinski definition) is 3. The highest BCUT2D eigenvalue weighted by Crippen LogP contribution is 2.13. The van der Waals surface area contributed by atoms with Gasteiger partial charge in [0, 0.05) is 13.6 Å². The lowest BCUT2D eigenvalue weighted by molar-refractivity contribution is 0.216. The number of hydrogen-bond acceptors (Lipinski definition) is 2. The van der Waals surface area contributed by atoms with E-state index in [0.29, 0.717) is 12.5 Å². The number of carbonyl (C=O) groups is 1. The SMILES string of the molecule is CNC(=O)NC(C)(CN)C(C)C. The summed E-state index contributed by atoms with van der Waals surface area (Å²) in [6.07, 6.45) is 0. The molecule has 0 saturated carbocycles. The van der Waals surface area contributed by atoms with Gasteiger partial charge in [-0.05, 0) is 12.8 Å². The third kappa shape index (κ3) is 2.70. The summed E-state index contributed by atoms with van der Waals surface area (Å²) < 4.78 is 0. The Morgan fingerprint density at radius 3 is 2.33 bits per heavy atom. The van der Waals surface area contributed by atoms with Crippen LogP contribution in [-0.2, 0) is 0 Å². The van der Waals surface area contributed by atoms with Gasteiger partial charge in [0.1, 0.15) is 0 Å². The van der Waals surface area contributed by atoms with Crippen molar-refractivity contribution < 1.29 is 4.79 Å². The van der Waals surface area contributed by atoms with E-state index in [1.54, 1.807) is 7.05 Å². The number of rotatable bonds is 3. The van der Waals surface area contributed by atoms with Gasteiger partial charge in [-0.3, -0.25) is 0 Å². The summed E-state index contributed by atoms with van der Waals surface area (Å²) in [5.41, 5.74) is 5.25. The second-order valence-corrected chi connectivity index (χ2v) is 3.48.